The van der Waals surface area contributed by atoms with Crippen molar-refractivity contribution in [2.24, 2.45) is 5.73 Å². The maximum atomic E-state index is 11.8. The number of aromatic amines is 1. The molecule has 1 aliphatic rings. The van der Waals surface area contributed by atoms with Gasteiger partial charge in [0.15, 0.2) is 0 Å². The van der Waals surface area contributed by atoms with Gasteiger partial charge >= 0.3 is 0 Å². The maximum absolute atomic E-state index is 11.8. The molecule has 0 saturated heterocycles. The van der Waals surface area contributed by atoms with E-state index >= 15 is 0 Å². The highest BCUT2D eigenvalue weighted by molar-refractivity contribution is 7.99. The minimum absolute atomic E-state index is 0.281. The molecule has 0 radical (unpaired) electrons. The van der Waals surface area contributed by atoms with Crippen molar-refractivity contribution in [1.29, 1.82) is 0 Å². The first-order chi connectivity index (χ1) is 11.6. The van der Waals surface area contributed by atoms with Crippen molar-refractivity contribution in [3.8, 4) is 11.3 Å². The number of carbonyl (C=O) groups excluding carboxylic acids is 1. The third kappa shape index (κ3) is 2.37. The Morgan fingerprint density at radius 3 is 2.58 bits per heavy atom. The predicted molar refractivity (Wildman–Crippen MR) is 94.9 cm³/mol. The second kappa shape index (κ2) is 5.58. The molecule has 2 aromatic carbocycles. The van der Waals surface area contributed by atoms with E-state index in [0.717, 1.165) is 26.7 Å². The first-order valence-corrected chi connectivity index (χ1v) is 8.15. The van der Waals surface area contributed by atoms with Gasteiger partial charge in [0.1, 0.15) is 0 Å². The Balaban J connectivity index is 1.93. The number of hydrogen-bond donors (Lipinski definition) is 3. The molecule has 0 atom stereocenters. The summed E-state index contributed by atoms with van der Waals surface area (Å²) in [4.78, 5) is 28.4. The lowest BCUT2D eigenvalue weighted by Gasteiger charge is -2.23. The van der Waals surface area contributed by atoms with Crippen molar-refractivity contribution in [3.63, 3.8) is 0 Å². The largest absolute Gasteiger partial charge is 0.366 e. The Morgan fingerprint density at radius 1 is 0.958 bits per heavy atom. The quantitative estimate of drug-likeness (QED) is 0.524. The van der Waals surface area contributed by atoms with Crippen molar-refractivity contribution in [3.05, 3.63) is 70.5 Å². The van der Waals surface area contributed by atoms with Gasteiger partial charge in [-0.15, -0.1) is 0 Å². The number of carbonyl (C=O) groups is 1. The number of pyridine rings is 1. The smallest absolute Gasteiger partial charge is 0.250 e. The fraction of sp³-hybridized carbons (Fsp3) is 0. The molecule has 3 aromatic rings. The lowest BCUT2D eigenvalue weighted by atomic mass is 10.0. The zero-order valence-electron chi connectivity index (χ0n) is 12.5. The number of nitrogens with one attached hydrogen (secondary N) is 2. The molecule has 0 unspecified atom stereocenters. The third-order valence-electron chi connectivity index (χ3n) is 3.85. The number of H-pyrrole nitrogens is 1. The second-order valence-corrected chi connectivity index (χ2v) is 6.46. The van der Waals surface area contributed by atoms with Gasteiger partial charge in [0.05, 0.1) is 22.6 Å². The summed E-state index contributed by atoms with van der Waals surface area (Å²) in [6, 6.07) is 16.5. The summed E-state index contributed by atoms with van der Waals surface area (Å²) in [5, 5.41) is 3.40. The number of anilines is 2. The summed E-state index contributed by atoms with van der Waals surface area (Å²) >= 11 is 1.64. The van der Waals surface area contributed by atoms with Crippen molar-refractivity contribution in [2.45, 2.75) is 9.79 Å². The van der Waals surface area contributed by atoms with Crippen molar-refractivity contribution in [1.82, 2.24) is 4.98 Å². The molecule has 4 rings (SSSR count). The van der Waals surface area contributed by atoms with E-state index in [1.54, 1.807) is 11.8 Å². The number of rotatable bonds is 2. The summed E-state index contributed by atoms with van der Waals surface area (Å²) in [6.07, 6.45) is 0. The average Bonchev–Trinajstić information content (AvgIpc) is 2.59. The van der Waals surface area contributed by atoms with Gasteiger partial charge in [0.25, 0.3) is 5.91 Å². The normalized spacial score (nSPS) is 12.0. The van der Waals surface area contributed by atoms with E-state index in [2.05, 4.69) is 10.3 Å². The molecule has 0 saturated carbocycles. The van der Waals surface area contributed by atoms with E-state index in [9.17, 15) is 9.59 Å². The Hall–Kier alpha value is -2.99. The lowest BCUT2D eigenvalue weighted by molar-refractivity contribution is 0.100. The van der Waals surface area contributed by atoms with E-state index in [4.69, 9.17) is 5.73 Å². The highest BCUT2D eigenvalue weighted by atomic mass is 32.2. The van der Waals surface area contributed by atoms with E-state index in [1.807, 2.05) is 42.5 Å². The number of hydrogen-bond acceptors (Lipinski definition) is 4. The number of benzene rings is 2. The van der Waals surface area contributed by atoms with Crippen LogP contribution in [0.5, 0.6) is 0 Å². The van der Waals surface area contributed by atoms with Crippen LogP contribution in [0, 0.1) is 0 Å². The van der Waals surface area contributed by atoms with Crippen LogP contribution in [0.25, 0.3) is 11.3 Å². The summed E-state index contributed by atoms with van der Waals surface area (Å²) in [6.45, 7) is 0. The molecule has 1 aliphatic heterocycles. The van der Waals surface area contributed by atoms with E-state index in [1.165, 1.54) is 12.1 Å². The van der Waals surface area contributed by atoms with Crippen molar-refractivity contribution in [2.75, 3.05) is 5.32 Å². The van der Waals surface area contributed by atoms with Crippen LogP contribution in [0.4, 0.5) is 11.4 Å². The molecule has 2 heterocycles. The Labute approximate surface area is 141 Å². The highest BCUT2D eigenvalue weighted by Gasteiger charge is 2.21. The Morgan fingerprint density at radius 2 is 1.75 bits per heavy atom. The Kier molecular flexibility index (Phi) is 3.39. The second-order valence-electron chi connectivity index (χ2n) is 5.38. The van der Waals surface area contributed by atoms with E-state index < -0.39 is 5.91 Å². The van der Waals surface area contributed by atoms with E-state index in [0.29, 0.717) is 5.69 Å². The number of para-hydroxylation sites is 2. The molecular weight excluding hydrogens is 322 g/mol. The molecule has 0 bridgehead atoms. The molecule has 1 aromatic heterocycles. The molecule has 4 N–H and O–H groups in total. The van der Waals surface area contributed by atoms with Gasteiger partial charge in [0, 0.05) is 21.4 Å². The maximum Gasteiger partial charge on any atom is 0.250 e. The van der Waals surface area contributed by atoms with Crippen LogP contribution in [-0.2, 0) is 0 Å². The average molecular weight is 335 g/mol. The van der Waals surface area contributed by atoms with E-state index in [-0.39, 0.29) is 11.1 Å². The first-order valence-electron chi connectivity index (χ1n) is 7.34. The molecule has 0 spiro atoms. The van der Waals surface area contributed by atoms with Gasteiger partial charge in [-0.1, -0.05) is 36.0 Å². The summed E-state index contributed by atoms with van der Waals surface area (Å²) in [5.41, 5.74) is 8.48. The topological polar surface area (TPSA) is 88.0 Å². The van der Waals surface area contributed by atoms with Crippen LogP contribution in [0.15, 0.2) is 69.2 Å². The third-order valence-corrected chi connectivity index (χ3v) is 4.98. The molecule has 118 valence electrons. The molecule has 0 fully saturated rings. The molecule has 1 amide bonds. The number of fused-ring (bicyclic) bond motifs is 2. The number of amides is 1. The zero-order valence-corrected chi connectivity index (χ0v) is 13.3. The van der Waals surface area contributed by atoms with Crippen LogP contribution >= 0.6 is 11.8 Å². The highest BCUT2D eigenvalue weighted by Crippen LogP contribution is 2.47. The van der Waals surface area contributed by atoms with Crippen LogP contribution in [0.1, 0.15) is 10.4 Å². The molecule has 0 aliphatic carbocycles. The molecule has 5 nitrogen and oxygen atoms in total. The van der Waals surface area contributed by atoms with Crippen molar-refractivity contribution < 1.29 is 4.79 Å². The van der Waals surface area contributed by atoms with Crippen molar-refractivity contribution >= 4 is 29.0 Å². The van der Waals surface area contributed by atoms with Gasteiger partial charge in [0.2, 0.25) is 5.56 Å². The minimum atomic E-state index is -0.581. The molecule has 24 heavy (non-hydrogen) atoms. The standard InChI is InChI=1S/C18H13N3O2S/c19-18(23)11-8-9-15(22)21-16(11)10-4-3-7-14-17(10)20-12-5-1-2-6-13(12)24-14/h1-9,20H,(H2,19,23)(H,21,22). The number of aromatic nitrogens is 1. The zero-order chi connectivity index (χ0) is 16.7. The number of nitrogens with two attached hydrogens (primary N) is 1. The van der Waals surface area contributed by atoms with Crippen LogP contribution in [-0.4, -0.2) is 10.9 Å². The van der Waals surface area contributed by atoms with Crippen LogP contribution < -0.4 is 16.6 Å². The van der Waals surface area contributed by atoms with Crippen LogP contribution in [0.2, 0.25) is 0 Å². The number of primary amides is 1. The Bertz CT molecular complexity index is 1030. The predicted octanol–water partition coefficient (Wildman–Crippen LogP) is 3.35. The van der Waals surface area contributed by atoms with Gasteiger partial charge in [-0.25, -0.2) is 0 Å². The molecular formula is C18H13N3O2S. The fourth-order valence-corrected chi connectivity index (χ4v) is 3.78. The summed E-state index contributed by atoms with van der Waals surface area (Å²) in [7, 11) is 0. The van der Waals surface area contributed by atoms with Gasteiger partial charge in [-0.3, -0.25) is 9.59 Å². The first kappa shape index (κ1) is 14.6. The summed E-state index contributed by atoms with van der Waals surface area (Å²) < 4.78 is 0. The van der Waals surface area contributed by atoms with Crippen LogP contribution in [0.3, 0.4) is 0 Å². The van der Waals surface area contributed by atoms with Gasteiger partial charge < -0.3 is 16.0 Å². The minimum Gasteiger partial charge on any atom is -0.366 e. The fourth-order valence-electron chi connectivity index (χ4n) is 2.76. The lowest BCUT2D eigenvalue weighted by Crippen LogP contribution is -2.17. The monoisotopic (exact) mass is 335 g/mol. The van der Waals surface area contributed by atoms with Gasteiger partial charge in [-0.05, 0) is 24.3 Å². The SMILES string of the molecule is NC(=O)c1ccc(=O)[nH]c1-c1cccc2c1Nc1ccccc1S2. The van der Waals surface area contributed by atoms with Gasteiger partial charge in [-0.2, -0.15) is 0 Å². The molecule has 6 heteroatoms. The summed E-state index contributed by atoms with van der Waals surface area (Å²) in [5.74, 6) is -0.581.